The van der Waals surface area contributed by atoms with E-state index in [1.54, 1.807) is 30.3 Å². The van der Waals surface area contributed by atoms with E-state index in [0.29, 0.717) is 17.9 Å². The van der Waals surface area contributed by atoms with Gasteiger partial charge in [0.05, 0.1) is 12.5 Å². The minimum atomic E-state index is -0.625. The molecular weight excluding hydrogens is 382 g/mol. The molecule has 0 N–H and O–H groups in total. The van der Waals surface area contributed by atoms with E-state index in [1.165, 1.54) is 6.07 Å². The van der Waals surface area contributed by atoms with E-state index >= 15 is 4.39 Å². The Morgan fingerprint density at radius 3 is 2.33 bits per heavy atom. The molecule has 3 aromatic carbocycles. The summed E-state index contributed by atoms with van der Waals surface area (Å²) in [5.41, 5.74) is 1.42. The first-order valence-electron chi connectivity index (χ1n) is 10.3. The van der Waals surface area contributed by atoms with Gasteiger partial charge in [-0.2, -0.15) is 0 Å². The second kappa shape index (κ2) is 9.12. The average Bonchev–Trinajstić information content (AvgIpc) is 3.57. The lowest BCUT2D eigenvalue weighted by molar-refractivity contribution is 0.340. The molecule has 0 bridgehead atoms. The summed E-state index contributed by atoms with van der Waals surface area (Å²) in [6.45, 7) is 2.48. The maximum absolute atomic E-state index is 15.3. The van der Waals surface area contributed by atoms with Crippen LogP contribution in [0.3, 0.4) is 0 Å². The summed E-state index contributed by atoms with van der Waals surface area (Å²) < 4.78 is 41.0. The molecule has 0 spiro atoms. The third kappa shape index (κ3) is 4.88. The number of benzene rings is 3. The van der Waals surface area contributed by atoms with Crippen molar-refractivity contribution < 1.29 is 18.3 Å². The standard InChI is InChI=1S/C26H24F2O2/c1-2-29-21-13-10-19(11-14-21)26(24(28)16-18-8-9-18)20-12-15-23(27)25(17-20)30-22-6-4-3-5-7-22/h3-7,10-18,26H,2,8-9H2,1H3. The molecule has 0 radical (unpaired) electrons. The number of hydrogen-bond acceptors (Lipinski definition) is 2. The third-order valence-corrected chi connectivity index (χ3v) is 5.08. The number of hydrogen-bond donors (Lipinski definition) is 0. The largest absolute Gasteiger partial charge is 0.494 e. The monoisotopic (exact) mass is 406 g/mol. The molecule has 154 valence electrons. The number of allylic oxidation sites excluding steroid dienone is 2. The van der Waals surface area contributed by atoms with Crippen LogP contribution < -0.4 is 9.47 Å². The first-order valence-corrected chi connectivity index (χ1v) is 10.3. The van der Waals surface area contributed by atoms with Crippen LogP contribution in [0.5, 0.6) is 17.2 Å². The fourth-order valence-corrected chi connectivity index (χ4v) is 3.41. The average molecular weight is 406 g/mol. The zero-order chi connectivity index (χ0) is 20.9. The van der Waals surface area contributed by atoms with Gasteiger partial charge in [-0.3, -0.25) is 0 Å². The minimum absolute atomic E-state index is 0.0776. The van der Waals surface area contributed by atoms with Gasteiger partial charge >= 0.3 is 0 Å². The van der Waals surface area contributed by atoms with Gasteiger partial charge in [0.25, 0.3) is 0 Å². The molecule has 0 amide bonds. The van der Waals surface area contributed by atoms with Gasteiger partial charge in [0.15, 0.2) is 11.6 Å². The molecule has 0 heterocycles. The van der Waals surface area contributed by atoms with Crippen LogP contribution in [-0.2, 0) is 0 Å². The van der Waals surface area contributed by atoms with E-state index in [0.717, 1.165) is 24.2 Å². The second-order valence-corrected chi connectivity index (χ2v) is 7.43. The van der Waals surface area contributed by atoms with Gasteiger partial charge in [0, 0.05) is 0 Å². The van der Waals surface area contributed by atoms with Crippen molar-refractivity contribution in [2.75, 3.05) is 6.61 Å². The topological polar surface area (TPSA) is 18.5 Å². The molecule has 1 unspecified atom stereocenters. The van der Waals surface area contributed by atoms with Crippen LogP contribution in [0.4, 0.5) is 8.78 Å². The highest BCUT2D eigenvalue weighted by Crippen LogP contribution is 2.40. The molecule has 1 atom stereocenters. The highest BCUT2D eigenvalue weighted by Gasteiger charge is 2.26. The van der Waals surface area contributed by atoms with E-state index in [2.05, 4.69) is 0 Å². The van der Waals surface area contributed by atoms with Crippen molar-refractivity contribution in [2.24, 2.45) is 5.92 Å². The number of ether oxygens (including phenoxy) is 2. The van der Waals surface area contributed by atoms with Gasteiger partial charge in [-0.05, 0) is 79.3 Å². The maximum atomic E-state index is 15.3. The van der Waals surface area contributed by atoms with Crippen LogP contribution in [-0.4, -0.2) is 6.61 Å². The predicted molar refractivity (Wildman–Crippen MR) is 114 cm³/mol. The Morgan fingerprint density at radius 1 is 0.967 bits per heavy atom. The summed E-state index contributed by atoms with van der Waals surface area (Å²) in [5.74, 6) is 0.294. The highest BCUT2D eigenvalue weighted by molar-refractivity contribution is 5.45. The van der Waals surface area contributed by atoms with E-state index in [1.807, 2.05) is 49.4 Å². The first-order chi connectivity index (χ1) is 14.6. The zero-order valence-electron chi connectivity index (χ0n) is 16.9. The van der Waals surface area contributed by atoms with Crippen molar-refractivity contribution >= 4 is 0 Å². The Hall–Kier alpha value is -3.14. The van der Waals surface area contributed by atoms with Crippen molar-refractivity contribution in [3.63, 3.8) is 0 Å². The fraction of sp³-hybridized carbons (Fsp3) is 0.231. The SMILES string of the molecule is CCOc1ccc(C(C(F)=CC2CC2)c2ccc(F)c(Oc3ccccc3)c2)cc1. The molecule has 4 heteroatoms. The van der Waals surface area contributed by atoms with Gasteiger partial charge in [-0.25, -0.2) is 8.78 Å². The van der Waals surface area contributed by atoms with Crippen molar-refractivity contribution in [2.45, 2.75) is 25.7 Å². The maximum Gasteiger partial charge on any atom is 0.165 e. The summed E-state index contributed by atoms with van der Waals surface area (Å²) in [6, 6.07) is 20.9. The molecular formula is C26H24F2O2. The Kier molecular flexibility index (Phi) is 6.12. The summed E-state index contributed by atoms with van der Waals surface area (Å²) in [7, 11) is 0. The van der Waals surface area contributed by atoms with E-state index in [4.69, 9.17) is 9.47 Å². The fourth-order valence-electron chi connectivity index (χ4n) is 3.41. The lowest BCUT2D eigenvalue weighted by Crippen LogP contribution is -2.04. The van der Waals surface area contributed by atoms with Crippen LogP contribution in [0.2, 0.25) is 0 Å². The number of rotatable bonds is 8. The van der Waals surface area contributed by atoms with E-state index in [-0.39, 0.29) is 17.5 Å². The molecule has 4 rings (SSSR count). The molecule has 1 fully saturated rings. The molecule has 3 aromatic rings. The van der Waals surface area contributed by atoms with Gasteiger partial charge < -0.3 is 9.47 Å². The molecule has 30 heavy (non-hydrogen) atoms. The van der Waals surface area contributed by atoms with Crippen molar-refractivity contribution in [1.82, 2.24) is 0 Å². The molecule has 1 aliphatic carbocycles. The molecule has 2 nitrogen and oxygen atoms in total. The quantitative estimate of drug-likeness (QED) is 0.388. The summed E-state index contributed by atoms with van der Waals surface area (Å²) in [4.78, 5) is 0. The summed E-state index contributed by atoms with van der Waals surface area (Å²) in [5, 5.41) is 0. The van der Waals surface area contributed by atoms with Crippen LogP contribution in [0.25, 0.3) is 0 Å². The van der Waals surface area contributed by atoms with E-state index in [9.17, 15) is 4.39 Å². The zero-order valence-corrected chi connectivity index (χ0v) is 16.9. The Bertz CT molecular complexity index is 1010. The van der Waals surface area contributed by atoms with E-state index < -0.39 is 11.7 Å². The number of para-hydroxylation sites is 1. The van der Waals surface area contributed by atoms with Crippen LogP contribution in [0, 0.1) is 11.7 Å². The summed E-state index contributed by atoms with van der Waals surface area (Å²) in [6.07, 6.45) is 3.71. The van der Waals surface area contributed by atoms with Crippen LogP contribution in [0.1, 0.15) is 36.8 Å². The van der Waals surface area contributed by atoms with Gasteiger partial charge in [-0.1, -0.05) is 36.4 Å². The Morgan fingerprint density at radius 2 is 1.67 bits per heavy atom. The van der Waals surface area contributed by atoms with Crippen molar-refractivity contribution in [3.05, 3.63) is 102 Å². The van der Waals surface area contributed by atoms with Gasteiger partial charge in [0.1, 0.15) is 17.3 Å². The molecule has 1 saturated carbocycles. The highest BCUT2D eigenvalue weighted by atomic mass is 19.1. The molecule has 0 aromatic heterocycles. The third-order valence-electron chi connectivity index (χ3n) is 5.08. The van der Waals surface area contributed by atoms with Gasteiger partial charge in [0.2, 0.25) is 0 Å². The lowest BCUT2D eigenvalue weighted by atomic mass is 9.89. The Balaban J connectivity index is 1.70. The van der Waals surface area contributed by atoms with Crippen molar-refractivity contribution in [1.29, 1.82) is 0 Å². The molecule has 0 aliphatic heterocycles. The number of halogens is 2. The smallest absolute Gasteiger partial charge is 0.165 e. The molecule has 1 aliphatic rings. The Labute approximate surface area is 175 Å². The van der Waals surface area contributed by atoms with Crippen molar-refractivity contribution in [3.8, 4) is 17.2 Å². The second-order valence-electron chi connectivity index (χ2n) is 7.43. The predicted octanol–water partition coefficient (Wildman–Crippen LogP) is 7.41. The van der Waals surface area contributed by atoms with Crippen LogP contribution >= 0.6 is 0 Å². The first kappa shape index (κ1) is 20.1. The summed E-state index contributed by atoms with van der Waals surface area (Å²) >= 11 is 0. The lowest BCUT2D eigenvalue weighted by Gasteiger charge is -2.19. The van der Waals surface area contributed by atoms with Gasteiger partial charge in [-0.15, -0.1) is 0 Å². The molecule has 0 saturated heterocycles. The minimum Gasteiger partial charge on any atom is -0.494 e. The normalized spacial score (nSPS) is 15.0. The van der Waals surface area contributed by atoms with Crippen LogP contribution in [0.15, 0.2) is 84.7 Å².